The average Bonchev–Trinajstić information content (AvgIpc) is 3.60. The lowest BCUT2D eigenvalue weighted by Gasteiger charge is -2.19. The molecular formula is C27H27FN6O2. The molecule has 36 heavy (non-hydrogen) atoms. The van der Waals surface area contributed by atoms with E-state index in [1.54, 1.807) is 12.4 Å². The maximum atomic E-state index is 13.7. The summed E-state index contributed by atoms with van der Waals surface area (Å²) in [5.41, 5.74) is 6.43. The van der Waals surface area contributed by atoms with Gasteiger partial charge in [-0.3, -0.25) is 9.20 Å². The van der Waals surface area contributed by atoms with E-state index in [1.807, 2.05) is 36.7 Å². The first-order valence-corrected chi connectivity index (χ1v) is 12.1. The van der Waals surface area contributed by atoms with Crippen LogP contribution in [-0.4, -0.2) is 45.9 Å². The van der Waals surface area contributed by atoms with Crippen molar-refractivity contribution in [2.45, 2.75) is 32.0 Å². The number of fused-ring (bicyclic) bond motifs is 2. The fraction of sp³-hybridized carbons (Fsp3) is 0.296. The Morgan fingerprint density at radius 2 is 2.14 bits per heavy atom. The minimum absolute atomic E-state index is 0.0785. The van der Waals surface area contributed by atoms with Gasteiger partial charge in [0, 0.05) is 43.1 Å². The smallest absolute Gasteiger partial charge is 0.254 e. The van der Waals surface area contributed by atoms with Crippen LogP contribution in [0.4, 0.5) is 15.9 Å². The van der Waals surface area contributed by atoms with Crippen molar-refractivity contribution in [3.63, 3.8) is 0 Å². The lowest BCUT2D eigenvalue weighted by molar-refractivity contribution is 0.0966. The average molecular weight is 487 g/mol. The highest BCUT2D eigenvalue weighted by Crippen LogP contribution is 2.36. The summed E-state index contributed by atoms with van der Waals surface area (Å²) < 4.78 is 21.4. The van der Waals surface area contributed by atoms with Crippen LogP contribution in [0.2, 0.25) is 0 Å². The Morgan fingerprint density at radius 3 is 2.94 bits per heavy atom. The summed E-state index contributed by atoms with van der Waals surface area (Å²) >= 11 is 0. The minimum Gasteiger partial charge on any atom is -0.373 e. The van der Waals surface area contributed by atoms with Crippen molar-refractivity contribution >= 4 is 23.1 Å². The second-order valence-electron chi connectivity index (χ2n) is 9.51. The van der Waals surface area contributed by atoms with Crippen LogP contribution >= 0.6 is 0 Å². The number of nitrogens with zero attached hydrogens (tertiary/aromatic N) is 4. The van der Waals surface area contributed by atoms with Crippen molar-refractivity contribution in [2.75, 3.05) is 26.0 Å². The van der Waals surface area contributed by atoms with Crippen LogP contribution < -0.4 is 10.6 Å². The van der Waals surface area contributed by atoms with Gasteiger partial charge in [0.2, 0.25) is 0 Å². The molecule has 0 spiro atoms. The third-order valence-electron chi connectivity index (χ3n) is 6.73. The highest BCUT2D eigenvalue weighted by Gasteiger charge is 2.28. The third kappa shape index (κ3) is 4.00. The van der Waals surface area contributed by atoms with Crippen LogP contribution in [0.25, 0.3) is 16.9 Å². The van der Waals surface area contributed by atoms with E-state index < -0.39 is 0 Å². The van der Waals surface area contributed by atoms with E-state index in [4.69, 9.17) is 9.72 Å². The van der Waals surface area contributed by atoms with Crippen LogP contribution in [0.5, 0.6) is 0 Å². The molecule has 1 atom stereocenters. The first-order chi connectivity index (χ1) is 17.5. The number of imidazole rings is 1. The molecule has 3 aromatic heterocycles. The fourth-order valence-electron chi connectivity index (χ4n) is 5.11. The predicted octanol–water partition coefficient (Wildman–Crippen LogP) is 4.44. The molecule has 2 aliphatic rings. The molecule has 8 nitrogen and oxygen atoms in total. The maximum Gasteiger partial charge on any atom is 0.254 e. The Balaban J connectivity index is 1.38. The van der Waals surface area contributed by atoms with Crippen LogP contribution in [0.1, 0.15) is 46.1 Å². The van der Waals surface area contributed by atoms with Gasteiger partial charge in [0.05, 0.1) is 34.9 Å². The number of halogens is 1. The van der Waals surface area contributed by atoms with Gasteiger partial charge in [0.15, 0.2) is 0 Å². The van der Waals surface area contributed by atoms with Gasteiger partial charge in [0.25, 0.3) is 5.91 Å². The quantitative estimate of drug-likeness (QED) is 0.419. The molecule has 184 valence electrons. The van der Waals surface area contributed by atoms with E-state index in [-0.39, 0.29) is 17.8 Å². The van der Waals surface area contributed by atoms with Crippen LogP contribution in [0, 0.1) is 5.82 Å². The Bertz CT molecular complexity index is 1470. The molecule has 5 heterocycles. The van der Waals surface area contributed by atoms with E-state index in [9.17, 15) is 9.18 Å². The molecule has 0 unspecified atom stereocenters. The van der Waals surface area contributed by atoms with E-state index in [1.165, 1.54) is 12.1 Å². The van der Waals surface area contributed by atoms with Gasteiger partial charge in [-0.05, 0) is 50.7 Å². The molecule has 0 radical (unpaired) electrons. The molecule has 1 aromatic carbocycles. The molecule has 0 aliphatic carbocycles. The fourth-order valence-corrected chi connectivity index (χ4v) is 5.11. The molecule has 1 amide bonds. The highest BCUT2D eigenvalue weighted by atomic mass is 19.1. The molecule has 9 heteroatoms. The number of hydrogen-bond donors (Lipinski definition) is 2. The number of anilines is 2. The summed E-state index contributed by atoms with van der Waals surface area (Å²) in [6.45, 7) is 1.88. The van der Waals surface area contributed by atoms with E-state index >= 15 is 0 Å². The first kappa shape index (κ1) is 22.6. The monoisotopic (exact) mass is 486 g/mol. The first-order valence-electron chi connectivity index (χ1n) is 12.1. The molecule has 4 aromatic rings. The number of nitrogens with one attached hydrogen (secondary N) is 2. The third-order valence-corrected chi connectivity index (χ3v) is 6.73. The highest BCUT2D eigenvalue weighted by molar-refractivity contribution is 6.06. The van der Waals surface area contributed by atoms with Gasteiger partial charge in [-0.2, -0.15) is 0 Å². The number of carbonyl (C=O) groups is 1. The van der Waals surface area contributed by atoms with Gasteiger partial charge in [-0.25, -0.2) is 14.4 Å². The zero-order valence-corrected chi connectivity index (χ0v) is 20.2. The largest absolute Gasteiger partial charge is 0.373 e. The van der Waals surface area contributed by atoms with Crippen molar-refractivity contribution in [3.8, 4) is 11.3 Å². The SMILES string of the molecule is CN(C)Cc1nc(Nc2ccc(-c3cnc4cc(F)ccn34)c3c2C(=O)NC3)ccc1[C@H]1CCCO1. The predicted molar refractivity (Wildman–Crippen MR) is 135 cm³/mol. The summed E-state index contributed by atoms with van der Waals surface area (Å²) in [5.74, 6) is 0.195. The lowest BCUT2D eigenvalue weighted by Crippen LogP contribution is -2.16. The van der Waals surface area contributed by atoms with Crippen molar-refractivity contribution in [2.24, 2.45) is 0 Å². The molecular weight excluding hydrogens is 459 g/mol. The van der Waals surface area contributed by atoms with Crippen LogP contribution in [-0.2, 0) is 17.8 Å². The summed E-state index contributed by atoms with van der Waals surface area (Å²) in [5, 5.41) is 6.32. The number of ether oxygens (including phenoxy) is 1. The lowest BCUT2D eigenvalue weighted by atomic mass is 9.99. The molecule has 0 bridgehead atoms. The van der Waals surface area contributed by atoms with Crippen molar-refractivity contribution in [1.29, 1.82) is 0 Å². The summed E-state index contributed by atoms with van der Waals surface area (Å²) in [6.07, 6.45) is 5.50. The van der Waals surface area contributed by atoms with Gasteiger partial charge in [0.1, 0.15) is 17.3 Å². The number of carbonyl (C=O) groups excluding carboxylic acids is 1. The maximum absolute atomic E-state index is 13.7. The van der Waals surface area contributed by atoms with Gasteiger partial charge in [-0.15, -0.1) is 0 Å². The second-order valence-corrected chi connectivity index (χ2v) is 9.51. The number of rotatable bonds is 6. The summed E-state index contributed by atoms with van der Waals surface area (Å²) in [7, 11) is 4.04. The summed E-state index contributed by atoms with van der Waals surface area (Å²) in [4.78, 5) is 24.2. The van der Waals surface area contributed by atoms with E-state index in [0.717, 1.165) is 47.5 Å². The standard InChI is InChI=1S/C27H27FN6O2/c1-33(2)15-21-18(23-4-3-11-36-23)6-8-24(32-21)31-20-7-5-17(19-13-30-27(35)26(19)20)22-14-29-25-12-16(28)9-10-34(22)25/h5-10,12,14,23H,3-4,11,13,15H2,1-2H3,(H,30,35)(H,31,32)/t23-/m1/s1. The Morgan fingerprint density at radius 1 is 1.25 bits per heavy atom. The van der Waals surface area contributed by atoms with Crippen molar-refractivity contribution < 1.29 is 13.9 Å². The Labute approximate surface area is 208 Å². The molecule has 1 saturated heterocycles. The van der Waals surface area contributed by atoms with Crippen LogP contribution in [0.3, 0.4) is 0 Å². The molecule has 0 saturated carbocycles. The van der Waals surface area contributed by atoms with Crippen molar-refractivity contribution in [3.05, 3.63) is 77.0 Å². The molecule has 2 N–H and O–H groups in total. The number of aromatic nitrogens is 3. The summed E-state index contributed by atoms with van der Waals surface area (Å²) in [6, 6.07) is 10.7. The topological polar surface area (TPSA) is 83.8 Å². The Hall–Kier alpha value is -3.82. The van der Waals surface area contributed by atoms with E-state index in [2.05, 4.69) is 26.6 Å². The zero-order chi connectivity index (χ0) is 24.8. The van der Waals surface area contributed by atoms with Crippen molar-refractivity contribution in [1.82, 2.24) is 24.6 Å². The Kier molecular flexibility index (Phi) is 5.66. The van der Waals surface area contributed by atoms with Gasteiger partial charge < -0.3 is 20.3 Å². The molecule has 2 aliphatic heterocycles. The van der Waals surface area contributed by atoms with Gasteiger partial charge in [-0.1, -0.05) is 12.1 Å². The number of hydrogen-bond acceptors (Lipinski definition) is 6. The molecule has 1 fully saturated rings. The van der Waals surface area contributed by atoms with Gasteiger partial charge >= 0.3 is 0 Å². The number of benzene rings is 1. The van der Waals surface area contributed by atoms with Crippen LogP contribution in [0.15, 0.2) is 48.8 Å². The zero-order valence-electron chi connectivity index (χ0n) is 20.2. The number of pyridine rings is 2. The minimum atomic E-state index is -0.340. The normalized spacial score (nSPS) is 17.1. The number of amides is 1. The second kappa shape index (κ2) is 9.00. The van der Waals surface area contributed by atoms with E-state index in [0.29, 0.717) is 35.8 Å². The molecule has 6 rings (SSSR count).